The molecular formula is C14H16N6O. The molecule has 0 aliphatic carbocycles. The van der Waals surface area contributed by atoms with Crippen LogP contribution >= 0.6 is 0 Å². The zero-order valence-electron chi connectivity index (χ0n) is 11.8. The average Bonchev–Trinajstić information content (AvgIpc) is 3.17. The van der Waals surface area contributed by atoms with Crippen LogP contribution in [0.4, 0.5) is 0 Å². The molecule has 0 N–H and O–H groups in total. The minimum atomic E-state index is 0.499. The number of hydrogen-bond donors (Lipinski definition) is 0. The van der Waals surface area contributed by atoms with Crippen molar-refractivity contribution in [1.82, 2.24) is 29.9 Å². The number of rotatable bonds is 6. The topological polar surface area (TPSA) is 72.9 Å². The van der Waals surface area contributed by atoms with Crippen molar-refractivity contribution in [2.45, 2.75) is 13.1 Å². The van der Waals surface area contributed by atoms with Gasteiger partial charge in [0.25, 0.3) is 0 Å². The van der Waals surface area contributed by atoms with E-state index in [0.717, 1.165) is 18.7 Å². The Kier molecular flexibility index (Phi) is 4.02. The Hall–Kier alpha value is -2.54. The highest BCUT2D eigenvalue weighted by atomic mass is 16.4. The fraction of sp³-hybridized carbons (Fsp3) is 0.286. The van der Waals surface area contributed by atoms with E-state index in [2.05, 4.69) is 25.2 Å². The second-order valence-electron chi connectivity index (χ2n) is 4.75. The third-order valence-electron chi connectivity index (χ3n) is 3.05. The van der Waals surface area contributed by atoms with Crippen LogP contribution < -0.4 is 0 Å². The van der Waals surface area contributed by atoms with Crippen molar-refractivity contribution in [3.63, 3.8) is 0 Å². The van der Waals surface area contributed by atoms with Gasteiger partial charge in [-0.2, -0.15) is 5.10 Å². The summed E-state index contributed by atoms with van der Waals surface area (Å²) in [4.78, 5) is 6.15. The van der Waals surface area contributed by atoms with Gasteiger partial charge in [0.15, 0.2) is 0 Å². The molecular weight excluding hydrogens is 268 g/mol. The van der Waals surface area contributed by atoms with Crippen molar-refractivity contribution in [1.29, 1.82) is 0 Å². The lowest BCUT2D eigenvalue weighted by Gasteiger charge is -2.13. The summed E-state index contributed by atoms with van der Waals surface area (Å²) in [6, 6.07) is 5.65. The van der Waals surface area contributed by atoms with Crippen LogP contribution in [0.5, 0.6) is 0 Å². The third-order valence-corrected chi connectivity index (χ3v) is 3.05. The first kappa shape index (κ1) is 13.4. The summed E-state index contributed by atoms with van der Waals surface area (Å²) in [5, 5.41) is 12.3. The fourth-order valence-electron chi connectivity index (χ4n) is 1.94. The Morgan fingerprint density at radius 3 is 2.95 bits per heavy atom. The molecule has 0 radical (unpaired) electrons. The number of hydrogen-bond acceptors (Lipinski definition) is 6. The van der Waals surface area contributed by atoms with Crippen LogP contribution in [0.25, 0.3) is 11.5 Å². The Morgan fingerprint density at radius 2 is 2.19 bits per heavy atom. The van der Waals surface area contributed by atoms with Gasteiger partial charge < -0.3 is 4.42 Å². The van der Waals surface area contributed by atoms with Crippen molar-refractivity contribution in [2.24, 2.45) is 0 Å². The first-order valence-corrected chi connectivity index (χ1v) is 6.70. The highest BCUT2D eigenvalue weighted by Gasteiger charge is 2.10. The van der Waals surface area contributed by atoms with Crippen molar-refractivity contribution in [2.75, 3.05) is 13.6 Å². The number of nitrogens with zero attached hydrogens (tertiary/aromatic N) is 6. The molecule has 7 heteroatoms. The lowest BCUT2D eigenvalue weighted by molar-refractivity contribution is 0.274. The zero-order chi connectivity index (χ0) is 14.5. The smallest absolute Gasteiger partial charge is 0.249 e. The van der Waals surface area contributed by atoms with E-state index >= 15 is 0 Å². The van der Waals surface area contributed by atoms with E-state index < -0.39 is 0 Å². The van der Waals surface area contributed by atoms with E-state index in [1.165, 1.54) is 0 Å². The Labute approximate surface area is 122 Å². The van der Waals surface area contributed by atoms with Gasteiger partial charge in [-0.05, 0) is 25.2 Å². The molecule has 3 aromatic rings. The van der Waals surface area contributed by atoms with Crippen molar-refractivity contribution in [3.05, 3.63) is 48.9 Å². The maximum absolute atomic E-state index is 5.65. The molecule has 3 aromatic heterocycles. The van der Waals surface area contributed by atoms with E-state index in [1.807, 2.05) is 36.1 Å². The minimum Gasteiger partial charge on any atom is -0.419 e. The quantitative estimate of drug-likeness (QED) is 0.682. The van der Waals surface area contributed by atoms with Crippen LogP contribution in [0, 0.1) is 0 Å². The molecule has 0 aliphatic rings. The SMILES string of the molecule is CN(CCn1cccn1)Cc1nnc(-c2cccnc2)o1. The van der Waals surface area contributed by atoms with Gasteiger partial charge in [-0.3, -0.25) is 14.6 Å². The van der Waals surface area contributed by atoms with E-state index in [1.54, 1.807) is 18.6 Å². The first-order valence-electron chi connectivity index (χ1n) is 6.70. The van der Waals surface area contributed by atoms with E-state index in [0.29, 0.717) is 18.3 Å². The Morgan fingerprint density at radius 1 is 1.24 bits per heavy atom. The number of likely N-dealkylation sites (N-methyl/N-ethyl adjacent to an activating group) is 1. The van der Waals surface area contributed by atoms with Gasteiger partial charge >= 0.3 is 0 Å². The molecule has 0 aliphatic heterocycles. The second kappa shape index (κ2) is 6.27. The molecule has 0 saturated heterocycles. The maximum atomic E-state index is 5.65. The molecule has 3 heterocycles. The molecule has 0 fully saturated rings. The van der Waals surface area contributed by atoms with Crippen LogP contribution in [-0.4, -0.2) is 43.5 Å². The van der Waals surface area contributed by atoms with Gasteiger partial charge in [-0.25, -0.2) is 0 Å². The molecule has 3 rings (SSSR count). The molecule has 0 saturated carbocycles. The minimum absolute atomic E-state index is 0.499. The maximum Gasteiger partial charge on any atom is 0.249 e. The third kappa shape index (κ3) is 3.51. The standard InChI is InChI=1S/C14H16N6O/c1-19(8-9-20-7-3-6-16-20)11-13-17-18-14(21-13)12-4-2-5-15-10-12/h2-7,10H,8-9,11H2,1H3. The monoisotopic (exact) mass is 284 g/mol. The Bertz CT molecular complexity index is 664. The highest BCUT2D eigenvalue weighted by molar-refractivity contribution is 5.49. The second-order valence-corrected chi connectivity index (χ2v) is 4.75. The molecule has 7 nitrogen and oxygen atoms in total. The largest absolute Gasteiger partial charge is 0.419 e. The molecule has 0 aromatic carbocycles. The van der Waals surface area contributed by atoms with E-state index in [4.69, 9.17) is 4.42 Å². The molecule has 0 spiro atoms. The van der Waals surface area contributed by atoms with Crippen LogP contribution in [0.15, 0.2) is 47.4 Å². The van der Waals surface area contributed by atoms with Crippen molar-refractivity contribution < 1.29 is 4.42 Å². The van der Waals surface area contributed by atoms with Crippen LogP contribution in [-0.2, 0) is 13.1 Å². The van der Waals surface area contributed by atoms with E-state index in [-0.39, 0.29) is 0 Å². The lowest BCUT2D eigenvalue weighted by Crippen LogP contribution is -2.23. The Balaban J connectivity index is 1.57. The predicted octanol–water partition coefficient (Wildman–Crippen LogP) is 1.46. The van der Waals surface area contributed by atoms with Gasteiger partial charge in [0.05, 0.1) is 18.7 Å². The van der Waals surface area contributed by atoms with Gasteiger partial charge in [-0.15, -0.1) is 10.2 Å². The zero-order valence-corrected chi connectivity index (χ0v) is 11.8. The van der Waals surface area contributed by atoms with Crippen molar-refractivity contribution >= 4 is 0 Å². The van der Waals surface area contributed by atoms with E-state index in [9.17, 15) is 0 Å². The first-order chi connectivity index (χ1) is 10.3. The van der Waals surface area contributed by atoms with Crippen molar-refractivity contribution in [3.8, 4) is 11.5 Å². The molecule has 0 amide bonds. The van der Waals surface area contributed by atoms with Gasteiger partial charge in [0, 0.05) is 31.3 Å². The van der Waals surface area contributed by atoms with Gasteiger partial charge in [0.1, 0.15) is 0 Å². The number of pyridine rings is 1. The number of aromatic nitrogens is 5. The van der Waals surface area contributed by atoms with Gasteiger partial charge in [0.2, 0.25) is 11.8 Å². The summed E-state index contributed by atoms with van der Waals surface area (Å²) in [6.45, 7) is 2.29. The summed E-state index contributed by atoms with van der Waals surface area (Å²) >= 11 is 0. The van der Waals surface area contributed by atoms with Crippen LogP contribution in [0.1, 0.15) is 5.89 Å². The summed E-state index contributed by atoms with van der Waals surface area (Å²) in [7, 11) is 2.01. The fourth-order valence-corrected chi connectivity index (χ4v) is 1.94. The molecule has 108 valence electrons. The average molecular weight is 284 g/mol. The molecule has 0 bridgehead atoms. The van der Waals surface area contributed by atoms with Crippen LogP contribution in [0.2, 0.25) is 0 Å². The highest BCUT2D eigenvalue weighted by Crippen LogP contribution is 2.16. The van der Waals surface area contributed by atoms with Crippen LogP contribution in [0.3, 0.4) is 0 Å². The summed E-state index contributed by atoms with van der Waals surface area (Å²) in [5.41, 5.74) is 0.829. The molecule has 0 atom stereocenters. The predicted molar refractivity (Wildman–Crippen MR) is 76.1 cm³/mol. The summed E-state index contributed by atoms with van der Waals surface area (Å²) in [6.07, 6.45) is 7.14. The summed E-state index contributed by atoms with van der Waals surface area (Å²) in [5.74, 6) is 1.09. The lowest BCUT2D eigenvalue weighted by atomic mass is 10.3. The summed E-state index contributed by atoms with van der Waals surface area (Å²) < 4.78 is 7.55. The molecule has 0 unspecified atom stereocenters. The molecule has 21 heavy (non-hydrogen) atoms. The van der Waals surface area contributed by atoms with Gasteiger partial charge in [-0.1, -0.05) is 0 Å². The normalized spacial score (nSPS) is 11.1.